The molecular formula is C30H32N6O5. The second kappa shape index (κ2) is 10.5. The highest BCUT2D eigenvalue weighted by molar-refractivity contribution is 6.23. The van der Waals surface area contributed by atoms with Gasteiger partial charge in [0.2, 0.25) is 0 Å². The highest BCUT2D eigenvalue weighted by Gasteiger charge is 2.42. The van der Waals surface area contributed by atoms with Gasteiger partial charge in [0.05, 0.1) is 33.9 Å². The number of pyridine rings is 1. The lowest BCUT2D eigenvalue weighted by molar-refractivity contribution is 0.0590. The van der Waals surface area contributed by atoms with Crippen molar-refractivity contribution in [3.63, 3.8) is 0 Å². The van der Waals surface area contributed by atoms with Crippen LogP contribution in [0.5, 0.6) is 5.75 Å². The van der Waals surface area contributed by atoms with Gasteiger partial charge in [-0.05, 0) is 63.7 Å². The average molecular weight is 557 g/mol. The van der Waals surface area contributed by atoms with E-state index in [1.807, 2.05) is 39.1 Å². The van der Waals surface area contributed by atoms with Gasteiger partial charge in [-0.25, -0.2) is 4.98 Å². The monoisotopic (exact) mass is 556 g/mol. The number of aliphatic hydroxyl groups is 1. The second-order valence-electron chi connectivity index (χ2n) is 10.9. The molecule has 2 amide bonds. The number of rotatable bonds is 8. The molecule has 4 aromatic rings. The minimum atomic E-state index is -0.846. The molecule has 0 aliphatic carbocycles. The zero-order valence-electron chi connectivity index (χ0n) is 23.2. The number of amides is 2. The number of nitrogens with zero attached hydrogens (tertiary/aromatic N) is 3. The van der Waals surface area contributed by atoms with Crippen molar-refractivity contribution in [1.82, 2.24) is 24.8 Å². The number of imide groups is 1. The minimum Gasteiger partial charge on any atom is -0.491 e. The van der Waals surface area contributed by atoms with Gasteiger partial charge in [-0.1, -0.05) is 17.7 Å². The third kappa shape index (κ3) is 4.98. The molecule has 0 radical (unpaired) electrons. The van der Waals surface area contributed by atoms with Gasteiger partial charge in [0, 0.05) is 19.3 Å². The molecule has 41 heavy (non-hydrogen) atoms. The normalized spacial score (nSPS) is 17.9. The molecule has 4 N–H and O–H groups in total. The summed E-state index contributed by atoms with van der Waals surface area (Å²) in [4.78, 5) is 53.2. The average Bonchev–Trinajstić information content (AvgIpc) is 3.61. The van der Waals surface area contributed by atoms with Gasteiger partial charge in [0.15, 0.2) is 0 Å². The lowest BCUT2D eigenvalue weighted by Gasteiger charge is -2.21. The minimum absolute atomic E-state index is 0.0713. The molecule has 1 saturated heterocycles. The van der Waals surface area contributed by atoms with Crippen LogP contribution >= 0.6 is 0 Å². The van der Waals surface area contributed by atoms with E-state index in [-0.39, 0.29) is 48.0 Å². The van der Waals surface area contributed by atoms with Crippen molar-refractivity contribution < 1.29 is 19.4 Å². The lowest BCUT2D eigenvalue weighted by Crippen LogP contribution is -2.41. The number of ether oxygens (including phenoxy) is 1. The van der Waals surface area contributed by atoms with Crippen LogP contribution in [0.15, 0.2) is 47.4 Å². The number of H-pyrrole nitrogens is 2. The van der Waals surface area contributed by atoms with E-state index in [9.17, 15) is 19.5 Å². The van der Waals surface area contributed by atoms with E-state index in [0.717, 1.165) is 24.1 Å². The number of carbonyl (C=O) groups excluding carboxylic acids is 2. The van der Waals surface area contributed by atoms with E-state index in [0.29, 0.717) is 40.1 Å². The fourth-order valence-electron chi connectivity index (χ4n) is 5.63. The predicted octanol–water partition coefficient (Wildman–Crippen LogP) is 2.69. The van der Waals surface area contributed by atoms with Crippen LogP contribution in [0.4, 0.5) is 5.69 Å². The quantitative estimate of drug-likeness (QED) is 0.243. The first kappa shape index (κ1) is 26.7. The number of hydrogen-bond acceptors (Lipinski definition) is 8. The Bertz CT molecular complexity index is 1670. The summed E-state index contributed by atoms with van der Waals surface area (Å²) in [6.45, 7) is 5.65. The molecule has 212 valence electrons. The predicted molar refractivity (Wildman–Crippen MR) is 154 cm³/mol. The number of nitrogens with one attached hydrogen (secondary N) is 3. The first-order valence-corrected chi connectivity index (χ1v) is 13.6. The molecule has 0 bridgehead atoms. The van der Waals surface area contributed by atoms with Crippen molar-refractivity contribution in [3.8, 4) is 17.1 Å². The number of likely N-dealkylation sites (tertiary alicyclic amines) is 1. The van der Waals surface area contributed by atoms with E-state index in [1.54, 1.807) is 18.2 Å². The Morgan fingerprint density at radius 2 is 1.90 bits per heavy atom. The Balaban J connectivity index is 1.21. The molecular weight excluding hydrogens is 524 g/mol. The van der Waals surface area contributed by atoms with Crippen molar-refractivity contribution in [2.45, 2.75) is 32.4 Å². The van der Waals surface area contributed by atoms with E-state index >= 15 is 0 Å². The van der Waals surface area contributed by atoms with Crippen LogP contribution in [-0.2, 0) is 0 Å². The summed E-state index contributed by atoms with van der Waals surface area (Å²) in [6.07, 6.45) is 1.42. The number of anilines is 1. The molecule has 11 heteroatoms. The fraction of sp³-hybridized carbons (Fsp3) is 0.333. The third-order valence-corrected chi connectivity index (χ3v) is 7.74. The first-order valence-electron chi connectivity index (χ1n) is 13.6. The SMILES string of the molecule is Cc1ccc(OC[C@@H](O)CNc2cc[nH]c(=O)c2-c2nc3cc4c(cc3[nH]2)C(=O)N([C@@H]2CCN(C)C2)C4=O)c(C)c1. The maximum Gasteiger partial charge on any atom is 0.261 e. The molecule has 11 nitrogen and oxygen atoms in total. The Labute approximate surface area is 236 Å². The molecule has 0 saturated carbocycles. The summed E-state index contributed by atoms with van der Waals surface area (Å²) in [5.41, 5.74) is 4.12. The number of hydrogen-bond donors (Lipinski definition) is 4. The molecule has 2 aliphatic heterocycles. The van der Waals surface area contributed by atoms with Gasteiger partial charge in [0.25, 0.3) is 17.4 Å². The van der Waals surface area contributed by atoms with Crippen molar-refractivity contribution >= 4 is 28.5 Å². The molecule has 6 rings (SSSR count). The van der Waals surface area contributed by atoms with Gasteiger partial charge in [-0.15, -0.1) is 0 Å². The number of aliphatic hydroxyl groups excluding tert-OH is 1. The molecule has 2 aliphatic rings. The molecule has 2 atom stereocenters. The number of aromatic amines is 2. The topological polar surface area (TPSA) is 144 Å². The molecule has 2 aromatic heterocycles. The Morgan fingerprint density at radius 3 is 2.63 bits per heavy atom. The Hall–Kier alpha value is -4.48. The maximum atomic E-state index is 13.2. The number of likely N-dealkylation sites (N-methyl/N-ethyl adjacent to an activating group) is 1. The van der Waals surface area contributed by atoms with E-state index in [2.05, 4.69) is 25.2 Å². The highest BCUT2D eigenvalue weighted by Crippen LogP contribution is 2.32. The number of benzene rings is 2. The van der Waals surface area contributed by atoms with Crippen LogP contribution in [0.3, 0.4) is 0 Å². The Kier molecular flexibility index (Phi) is 6.84. The molecule has 1 fully saturated rings. The summed E-state index contributed by atoms with van der Waals surface area (Å²) >= 11 is 0. The third-order valence-electron chi connectivity index (χ3n) is 7.74. The summed E-state index contributed by atoms with van der Waals surface area (Å²) in [5.74, 6) is 0.369. The van der Waals surface area contributed by atoms with Crippen molar-refractivity contribution in [3.05, 3.63) is 75.2 Å². The highest BCUT2D eigenvalue weighted by atomic mass is 16.5. The van der Waals surface area contributed by atoms with Crippen molar-refractivity contribution in [1.29, 1.82) is 0 Å². The van der Waals surface area contributed by atoms with Gasteiger partial charge in [0.1, 0.15) is 29.8 Å². The Morgan fingerprint density at radius 1 is 1.12 bits per heavy atom. The molecule has 4 heterocycles. The second-order valence-corrected chi connectivity index (χ2v) is 10.9. The fourth-order valence-corrected chi connectivity index (χ4v) is 5.63. The van der Waals surface area contributed by atoms with Crippen molar-refractivity contribution in [2.24, 2.45) is 0 Å². The first-order chi connectivity index (χ1) is 19.7. The van der Waals surface area contributed by atoms with E-state index in [4.69, 9.17) is 4.74 Å². The van der Waals surface area contributed by atoms with Gasteiger partial charge < -0.3 is 30.0 Å². The zero-order chi connectivity index (χ0) is 28.8. The standard InChI is InChI=1S/C30H32N6O5/c1-16-4-5-25(17(2)10-16)41-15-19(37)13-32-22-6-8-31-28(38)26(22)27-33-23-11-20-21(12-24(23)34-27)30(40)36(29(20)39)18-7-9-35(3)14-18/h4-6,8,10-12,18-19,37H,7,9,13-15H2,1-3H3,(H,33,34)(H2,31,32,38)/t18-,19+/m1/s1. The van der Waals surface area contributed by atoms with Gasteiger partial charge in [-0.3, -0.25) is 19.3 Å². The molecule has 2 aromatic carbocycles. The maximum absolute atomic E-state index is 13.2. The number of imidazole rings is 1. The van der Waals surface area contributed by atoms with Crippen molar-refractivity contribution in [2.75, 3.05) is 38.6 Å². The molecule has 0 unspecified atom stereocenters. The summed E-state index contributed by atoms with van der Waals surface area (Å²) in [7, 11) is 1.97. The van der Waals surface area contributed by atoms with Crippen LogP contribution in [0, 0.1) is 13.8 Å². The van der Waals surface area contributed by atoms with E-state index < -0.39 is 6.10 Å². The zero-order valence-corrected chi connectivity index (χ0v) is 23.2. The largest absolute Gasteiger partial charge is 0.491 e. The van der Waals surface area contributed by atoms with Crippen LogP contribution < -0.4 is 15.6 Å². The molecule has 0 spiro atoms. The van der Waals surface area contributed by atoms with Gasteiger partial charge in [-0.2, -0.15) is 0 Å². The van der Waals surface area contributed by atoms with Crippen LogP contribution in [0.25, 0.3) is 22.4 Å². The summed E-state index contributed by atoms with van der Waals surface area (Å²) in [5, 5.41) is 13.7. The number of carbonyl (C=O) groups is 2. The number of aryl methyl sites for hydroxylation is 2. The number of aromatic nitrogens is 3. The number of fused-ring (bicyclic) bond motifs is 2. The van der Waals surface area contributed by atoms with Crippen LogP contribution in [0.2, 0.25) is 0 Å². The lowest BCUT2D eigenvalue weighted by atomic mass is 10.1. The summed E-state index contributed by atoms with van der Waals surface area (Å²) < 4.78 is 5.78. The van der Waals surface area contributed by atoms with Crippen LogP contribution in [-0.4, -0.2) is 87.1 Å². The summed E-state index contributed by atoms with van der Waals surface area (Å²) in [6, 6.07) is 10.6. The van der Waals surface area contributed by atoms with Crippen LogP contribution in [0.1, 0.15) is 38.3 Å². The smallest absolute Gasteiger partial charge is 0.261 e. The van der Waals surface area contributed by atoms with Gasteiger partial charge >= 0.3 is 0 Å². The van der Waals surface area contributed by atoms with E-state index in [1.165, 1.54) is 11.1 Å².